The third-order valence-corrected chi connectivity index (χ3v) is 6.88. The highest BCUT2D eigenvalue weighted by atomic mass is 32.2. The van der Waals surface area contributed by atoms with Gasteiger partial charge in [-0.2, -0.15) is 4.31 Å². The minimum atomic E-state index is -3.62. The van der Waals surface area contributed by atoms with E-state index in [-0.39, 0.29) is 25.4 Å². The molecule has 0 radical (unpaired) electrons. The molecule has 2 heterocycles. The minimum absolute atomic E-state index is 0.0496. The van der Waals surface area contributed by atoms with E-state index in [2.05, 4.69) is 16.9 Å². The number of nitrogens with zero attached hydrogens (tertiary/aromatic N) is 5. The van der Waals surface area contributed by atoms with Crippen molar-refractivity contribution in [1.29, 1.82) is 0 Å². The molecule has 0 bridgehead atoms. The summed E-state index contributed by atoms with van der Waals surface area (Å²) in [6.07, 6.45) is 3.28. The SMILES string of the molecule is C=CCN1C(C(=O)OC)CN(Cc2cn(Cc3ccc(OC)cc3)nn2)CCS1(=O)=O. The van der Waals surface area contributed by atoms with Crippen LogP contribution in [0.2, 0.25) is 0 Å². The van der Waals surface area contributed by atoms with Crippen molar-refractivity contribution in [1.82, 2.24) is 24.2 Å². The summed E-state index contributed by atoms with van der Waals surface area (Å²) in [6, 6.07) is 6.73. The van der Waals surface area contributed by atoms with Crippen molar-refractivity contribution in [2.75, 3.05) is 39.6 Å². The van der Waals surface area contributed by atoms with Gasteiger partial charge >= 0.3 is 5.97 Å². The molecule has 1 aliphatic heterocycles. The average molecular weight is 450 g/mol. The van der Waals surface area contributed by atoms with Crippen molar-refractivity contribution in [2.24, 2.45) is 0 Å². The summed E-state index contributed by atoms with van der Waals surface area (Å²) in [6.45, 7) is 5.04. The number of hydrogen-bond donors (Lipinski definition) is 0. The second kappa shape index (κ2) is 10.0. The van der Waals surface area contributed by atoms with Crippen LogP contribution in [0.15, 0.2) is 43.1 Å². The molecule has 11 heteroatoms. The first-order chi connectivity index (χ1) is 14.9. The van der Waals surface area contributed by atoms with Crippen LogP contribution in [0.4, 0.5) is 0 Å². The van der Waals surface area contributed by atoms with E-state index in [1.165, 1.54) is 13.2 Å². The molecule has 1 aromatic carbocycles. The van der Waals surface area contributed by atoms with Crippen LogP contribution in [0, 0.1) is 0 Å². The van der Waals surface area contributed by atoms with Gasteiger partial charge in [-0.05, 0) is 17.7 Å². The summed E-state index contributed by atoms with van der Waals surface area (Å²) >= 11 is 0. The Morgan fingerprint density at radius 1 is 1.26 bits per heavy atom. The van der Waals surface area contributed by atoms with E-state index in [1.807, 2.05) is 35.4 Å². The van der Waals surface area contributed by atoms with Crippen LogP contribution >= 0.6 is 0 Å². The summed E-state index contributed by atoms with van der Waals surface area (Å²) in [4.78, 5) is 14.2. The van der Waals surface area contributed by atoms with E-state index in [0.717, 1.165) is 15.6 Å². The number of hydrogen-bond acceptors (Lipinski definition) is 8. The van der Waals surface area contributed by atoms with Gasteiger partial charge in [-0.3, -0.25) is 9.69 Å². The van der Waals surface area contributed by atoms with Crippen molar-refractivity contribution >= 4 is 16.0 Å². The van der Waals surface area contributed by atoms with E-state index in [0.29, 0.717) is 18.8 Å². The predicted molar refractivity (Wildman–Crippen MR) is 114 cm³/mol. The standard InChI is InChI=1S/C20H27N5O5S/c1-4-9-25-19(20(26)30-3)15-23(10-11-31(25,27)28)13-17-14-24(22-21-17)12-16-5-7-18(29-2)8-6-16/h4-8,14,19H,1,9-13,15H2,2-3H3. The first-order valence-corrected chi connectivity index (χ1v) is 11.4. The van der Waals surface area contributed by atoms with E-state index in [1.54, 1.807) is 11.8 Å². The number of sulfonamides is 1. The third kappa shape index (κ3) is 5.69. The van der Waals surface area contributed by atoms with Crippen LogP contribution in [0.5, 0.6) is 5.75 Å². The predicted octanol–water partition coefficient (Wildman–Crippen LogP) is 0.510. The highest BCUT2D eigenvalue weighted by Crippen LogP contribution is 2.18. The molecule has 31 heavy (non-hydrogen) atoms. The van der Waals surface area contributed by atoms with Crippen LogP contribution in [0.1, 0.15) is 11.3 Å². The first kappa shape index (κ1) is 22.9. The minimum Gasteiger partial charge on any atom is -0.497 e. The molecule has 1 aromatic heterocycles. The second-order valence-corrected chi connectivity index (χ2v) is 9.25. The van der Waals surface area contributed by atoms with Gasteiger partial charge in [0.25, 0.3) is 0 Å². The molecule has 3 rings (SSSR count). The van der Waals surface area contributed by atoms with Crippen molar-refractivity contribution in [3.63, 3.8) is 0 Å². The highest BCUT2D eigenvalue weighted by Gasteiger charge is 2.39. The van der Waals surface area contributed by atoms with Crippen molar-refractivity contribution < 1.29 is 22.7 Å². The summed E-state index contributed by atoms with van der Waals surface area (Å²) < 4.78 is 38.2. The zero-order valence-electron chi connectivity index (χ0n) is 17.7. The molecule has 0 spiro atoms. The fourth-order valence-corrected chi connectivity index (χ4v) is 5.05. The number of carbonyl (C=O) groups excluding carboxylic acids is 1. The Bertz CT molecular complexity index is 1010. The Hall–Kier alpha value is -2.76. The number of carbonyl (C=O) groups is 1. The fourth-order valence-electron chi connectivity index (χ4n) is 3.46. The Kier molecular flexibility index (Phi) is 7.42. The molecule has 0 aliphatic carbocycles. The van der Waals surface area contributed by atoms with Gasteiger partial charge in [0.05, 0.1) is 38.4 Å². The lowest BCUT2D eigenvalue weighted by atomic mass is 10.2. The largest absolute Gasteiger partial charge is 0.497 e. The van der Waals surface area contributed by atoms with Gasteiger partial charge in [-0.25, -0.2) is 13.1 Å². The maximum atomic E-state index is 12.7. The summed E-state index contributed by atoms with van der Waals surface area (Å²) in [7, 11) is -0.755. The molecule has 2 aromatic rings. The number of esters is 1. The fraction of sp³-hybridized carbons (Fsp3) is 0.450. The van der Waals surface area contributed by atoms with E-state index >= 15 is 0 Å². The van der Waals surface area contributed by atoms with Gasteiger partial charge in [0.1, 0.15) is 11.8 Å². The Morgan fingerprint density at radius 3 is 2.65 bits per heavy atom. The van der Waals surface area contributed by atoms with Crippen LogP contribution in [0.3, 0.4) is 0 Å². The van der Waals surface area contributed by atoms with Gasteiger partial charge in [0, 0.05) is 26.2 Å². The molecule has 1 fully saturated rings. The van der Waals surface area contributed by atoms with Crippen molar-refractivity contribution in [3.8, 4) is 5.75 Å². The highest BCUT2D eigenvalue weighted by molar-refractivity contribution is 7.89. The number of benzene rings is 1. The lowest BCUT2D eigenvalue weighted by Gasteiger charge is -2.27. The van der Waals surface area contributed by atoms with Crippen LogP contribution in [-0.2, 0) is 32.6 Å². The maximum Gasteiger partial charge on any atom is 0.325 e. The van der Waals surface area contributed by atoms with Gasteiger partial charge in [0.15, 0.2) is 0 Å². The van der Waals surface area contributed by atoms with E-state index in [4.69, 9.17) is 9.47 Å². The molecule has 1 aliphatic rings. The number of rotatable bonds is 8. The molecule has 168 valence electrons. The maximum absolute atomic E-state index is 12.7. The Labute approximate surface area is 182 Å². The molecule has 0 saturated carbocycles. The summed E-state index contributed by atoms with van der Waals surface area (Å²) in [5.74, 6) is 0.0826. The molecular formula is C20H27N5O5S. The Balaban J connectivity index is 1.71. The normalized spacial score (nSPS) is 19.5. The van der Waals surface area contributed by atoms with E-state index in [9.17, 15) is 13.2 Å². The number of aromatic nitrogens is 3. The van der Waals surface area contributed by atoms with Gasteiger partial charge in [0.2, 0.25) is 10.0 Å². The zero-order valence-corrected chi connectivity index (χ0v) is 18.5. The van der Waals surface area contributed by atoms with Crippen LogP contribution < -0.4 is 4.74 Å². The van der Waals surface area contributed by atoms with Crippen LogP contribution in [-0.4, -0.2) is 84.2 Å². The summed E-state index contributed by atoms with van der Waals surface area (Å²) in [5.41, 5.74) is 1.73. The monoisotopic (exact) mass is 449 g/mol. The topological polar surface area (TPSA) is 107 Å². The van der Waals surface area contributed by atoms with Crippen molar-refractivity contribution in [2.45, 2.75) is 19.1 Å². The molecule has 0 N–H and O–H groups in total. The number of ether oxygens (including phenoxy) is 2. The molecule has 1 unspecified atom stereocenters. The van der Waals surface area contributed by atoms with E-state index < -0.39 is 22.0 Å². The zero-order chi connectivity index (χ0) is 22.4. The first-order valence-electron chi connectivity index (χ1n) is 9.79. The van der Waals surface area contributed by atoms with Gasteiger partial charge in [-0.15, -0.1) is 11.7 Å². The smallest absolute Gasteiger partial charge is 0.325 e. The average Bonchev–Trinajstić information content (AvgIpc) is 3.15. The lowest BCUT2D eigenvalue weighted by Crippen LogP contribution is -2.48. The molecule has 1 atom stereocenters. The number of methoxy groups -OCH3 is 2. The Morgan fingerprint density at radius 2 is 2.00 bits per heavy atom. The summed E-state index contributed by atoms with van der Waals surface area (Å²) in [5, 5.41) is 8.37. The molecule has 10 nitrogen and oxygen atoms in total. The lowest BCUT2D eigenvalue weighted by molar-refractivity contribution is -0.145. The molecule has 0 amide bonds. The molecule has 1 saturated heterocycles. The van der Waals surface area contributed by atoms with Gasteiger partial charge < -0.3 is 9.47 Å². The third-order valence-electron chi connectivity index (χ3n) is 5.06. The van der Waals surface area contributed by atoms with Crippen molar-refractivity contribution in [3.05, 3.63) is 54.4 Å². The second-order valence-electron chi connectivity index (χ2n) is 7.20. The quantitative estimate of drug-likeness (QED) is 0.424. The van der Waals surface area contributed by atoms with Gasteiger partial charge in [-0.1, -0.05) is 23.4 Å². The molecular weight excluding hydrogens is 422 g/mol. The van der Waals surface area contributed by atoms with Crippen LogP contribution in [0.25, 0.3) is 0 Å².